The van der Waals surface area contributed by atoms with Crippen molar-refractivity contribution in [3.63, 3.8) is 0 Å². The predicted octanol–water partition coefficient (Wildman–Crippen LogP) is 5.28. The van der Waals surface area contributed by atoms with Gasteiger partial charge >= 0.3 is 6.09 Å². The standard InChI is InChI=1S/C21H24BrN3O2/c1-5-7-14-12-15(9-10-16(14)22)17-13-23-19(24-17)18-8-6-11-25(18)20(26)27-21(2,3)4/h9-10,12-13,18H,6,8,11H2,1-4H3,(H,23,24). The molecule has 142 valence electrons. The largest absolute Gasteiger partial charge is 0.444 e. The first-order valence-electron chi connectivity index (χ1n) is 9.05. The number of hydrogen-bond donors (Lipinski definition) is 1. The Balaban J connectivity index is 1.83. The number of nitrogens with one attached hydrogen (secondary N) is 1. The van der Waals surface area contributed by atoms with E-state index in [1.165, 1.54) is 0 Å². The van der Waals surface area contributed by atoms with Gasteiger partial charge in [-0.15, -0.1) is 5.92 Å². The minimum absolute atomic E-state index is 0.0843. The molecule has 2 aromatic rings. The summed E-state index contributed by atoms with van der Waals surface area (Å²) in [7, 11) is 0. The maximum atomic E-state index is 12.5. The third-order valence-electron chi connectivity index (χ3n) is 4.33. The number of hydrogen-bond acceptors (Lipinski definition) is 3. The number of nitrogens with zero attached hydrogens (tertiary/aromatic N) is 2. The highest BCUT2D eigenvalue weighted by atomic mass is 79.9. The normalized spacial score (nSPS) is 16.8. The molecule has 1 amide bonds. The Morgan fingerprint density at radius 1 is 1.41 bits per heavy atom. The molecular weight excluding hydrogens is 406 g/mol. The Kier molecular flexibility index (Phi) is 5.61. The van der Waals surface area contributed by atoms with E-state index in [9.17, 15) is 4.79 Å². The van der Waals surface area contributed by atoms with Gasteiger partial charge in [0.2, 0.25) is 0 Å². The third kappa shape index (κ3) is 4.54. The first-order valence-corrected chi connectivity index (χ1v) is 9.85. The molecule has 0 saturated carbocycles. The van der Waals surface area contributed by atoms with Crippen LogP contribution in [0.25, 0.3) is 11.3 Å². The Hall–Kier alpha value is -2.26. The average molecular weight is 430 g/mol. The van der Waals surface area contributed by atoms with Gasteiger partial charge in [0.05, 0.1) is 17.9 Å². The molecule has 1 aromatic carbocycles. The molecule has 2 heterocycles. The molecule has 0 spiro atoms. The molecule has 5 nitrogen and oxygen atoms in total. The van der Waals surface area contributed by atoms with Crippen molar-refractivity contribution >= 4 is 22.0 Å². The lowest BCUT2D eigenvalue weighted by Crippen LogP contribution is -2.36. The van der Waals surface area contributed by atoms with Crippen LogP contribution in [0.1, 0.15) is 58.0 Å². The fraction of sp³-hybridized carbons (Fsp3) is 0.429. The molecule has 3 rings (SSSR count). The average Bonchev–Trinajstić information content (AvgIpc) is 3.24. The van der Waals surface area contributed by atoms with Crippen molar-refractivity contribution in [1.82, 2.24) is 14.9 Å². The summed E-state index contributed by atoms with van der Waals surface area (Å²) in [6.07, 6.45) is 3.34. The van der Waals surface area contributed by atoms with E-state index < -0.39 is 5.60 Å². The lowest BCUT2D eigenvalue weighted by atomic mass is 10.1. The van der Waals surface area contributed by atoms with Crippen molar-refractivity contribution in [3.8, 4) is 23.1 Å². The quantitative estimate of drug-likeness (QED) is 0.660. The molecule has 6 heteroatoms. The maximum absolute atomic E-state index is 12.5. The third-order valence-corrected chi connectivity index (χ3v) is 5.02. The summed E-state index contributed by atoms with van der Waals surface area (Å²) in [5, 5.41) is 0. The molecule has 0 bridgehead atoms. The van der Waals surface area contributed by atoms with Gasteiger partial charge in [0.15, 0.2) is 0 Å². The first-order chi connectivity index (χ1) is 12.8. The zero-order valence-electron chi connectivity index (χ0n) is 16.1. The van der Waals surface area contributed by atoms with Crippen LogP contribution in [0.5, 0.6) is 0 Å². The summed E-state index contributed by atoms with van der Waals surface area (Å²) >= 11 is 3.52. The van der Waals surface area contributed by atoms with Gasteiger partial charge in [-0.05, 0) is 68.6 Å². The van der Waals surface area contributed by atoms with E-state index in [-0.39, 0.29) is 12.1 Å². The van der Waals surface area contributed by atoms with Gasteiger partial charge in [-0.2, -0.15) is 0 Å². The summed E-state index contributed by atoms with van der Waals surface area (Å²) in [4.78, 5) is 22.2. The molecule has 1 aliphatic heterocycles. The molecule has 1 N–H and O–H groups in total. The number of aromatic amines is 1. The summed E-state index contributed by atoms with van der Waals surface area (Å²) in [6, 6.07) is 5.94. The Morgan fingerprint density at radius 3 is 2.89 bits per heavy atom. The van der Waals surface area contributed by atoms with E-state index in [0.29, 0.717) is 6.54 Å². The molecule has 0 radical (unpaired) electrons. The summed E-state index contributed by atoms with van der Waals surface area (Å²) in [5.74, 6) is 6.81. The zero-order valence-corrected chi connectivity index (χ0v) is 17.7. The molecule has 1 aliphatic rings. The van der Waals surface area contributed by atoms with Crippen LogP contribution in [-0.4, -0.2) is 33.1 Å². The van der Waals surface area contributed by atoms with E-state index >= 15 is 0 Å². The number of ether oxygens (including phenoxy) is 1. The molecule has 1 fully saturated rings. The molecule has 1 unspecified atom stereocenters. The van der Waals surface area contributed by atoms with Gasteiger partial charge < -0.3 is 9.72 Å². The molecule has 1 saturated heterocycles. The predicted molar refractivity (Wildman–Crippen MR) is 109 cm³/mol. The molecular formula is C21H24BrN3O2. The van der Waals surface area contributed by atoms with E-state index in [1.54, 1.807) is 4.90 Å². The van der Waals surface area contributed by atoms with Crippen LogP contribution in [0.15, 0.2) is 28.9 Å². The van der Waals surface area contributed by atoms with Crippen LogP contribution >= 0.6 is 15.9 Å². The van der Waals surface area contributed by atoms with Crippen molar-refractivity contribution in [2.75, 3.05) is 6.54 Å². The number of H-pyrrole nitrogens is 1. The highest BCUT2D eigenvalue weighted by molar-refractivity contribution is 9.10. The minimum Gasteiger partial charge on any atom is -0.444 e. The second kappa shape index (κ2) is 7.77. The van der Waals surface area contributed by atoms with Crippen molar-refractivity contribution in [3.05, 3.63) is 40.3 Å². The topological polar surface area (TPSA) is 58.2 Å². The number of halogens is 1. The number of likely N-dealkylation sites (tertiary alicyclic amines) is 1. The van der Waals surface area contributed by atoms with Crippen LogP contribution in [0.3, 0.4) is 0 Å². The second-order valence-corrected chi connectivity index (χ2v) is 8.44. The Labute approximate surface area is 168 Å². The smallest absolute Gasteiger partial charge is 0.410 e. The number of amides is 1. The maximum Gasteiger partial charge on any atom is 0.410 e. The monoisotopic (exact) mass is 429 g/mol. The summed E-state index contributed by atoms with van der Waals surface area (Å²) < 4.78 is 6.51. The van der Waals surface area contributed by atoms with E-state index in [1.807, 2.05) is 52.1 Å². The van der Waals surface area contributed by atoms with E-state index in [4.69, 9.17) is 4.74 Å². The first kappa shape index (κ1) is 19.5. The highest BCUT2D eigenvalue weighted by Crippen LogP contribution is 2.33. The van der Waals surface area contributed by atoms with Gasteiger partial charge in [-0.25, -0.2) is 9.78 Å². The lowest BCUT2D eigenvalue weighted by molar-refractivity contribution is 0.0219. The van der Waals surface area contributed by atoms with E-state index in [0.717, 1.165) is 40.0 Å². The molecule has 1 atom stereocenters. The number of carbonyl (C=O) groups is 1. The van der Waals surface area contributed by atoms with Crippen molar-refractivity contribution in [1.29, 1.82) is 0 Å². The number of aromatic nitrogens is 2. The van der Waals surface area contributed by atoms with Gasteiger partial charge in [-0.1, -0.05) is 12.0 Å². The summed E-state index contributed by atoms with van der Waals surface area (Å²) in [5.41, 5.74) is 2.35. The SMILES string of the molecule is CC#Cc1cc(-c2cnc(C3CCCN3C(=O)OC(C)(C)C)[nH]2)ccc1Br. The number of benzene rings is 1. The molecule has 1 aromatic heterocycles. The van der Waals surface area contributed by atoms with Gasteiger partial charge in [0, 0.05) is 22.1 Å². The Bertz CT molecular complexity index is 902. The fourth-order valence-corrected chi connectivity index (χ4v) is 3.51. The van der Waals surface area contributed by atoms with Gasteiger partial charge in [0.25, 0.3) is 0 Å². The van der Waals surface area contributed by atoms with Crippen LogP contribution < -0.4 is 0 Å². The van der Waals surface area contributed by atoms with Crippen molar-refractivity contribution in [2.45, 2.75) is 52.2 Å². The molecule has 27 heavy (non-hydrogen) atoms. The lowest BCUT2D eigenvalue weighted by Gasteiger charge is -2.27. The van der Waals surface area contributed by atoms with Crippen LogP contribution in [0, 0.1) is 11.8 Å². The van der Waals surface area contributed by atoms with Gasteiger partial charge in [-0.3, -0.25) is 4.90 Å². The summed E-state index contributed by atoms with van der Waals surface area (Å²) in [6.45, 7) is 8.14. The van der Waals surface area contributed by atoms with Crippen molar-refractivity contribution < 1.29 is 9.53 Å². The Morgan fingerprint density at radius 2 is 2.19 bits per heavy atom. The second-order valence-electron chi connectivity index (χ2n) is 7.58. The van der Waals surface area contributed by atoms with Crippen LogP contribution in [0.2, 0.25) is 0 Å². The van der Waals surface area contributed by atoms with Crippen molar-refractivity contribution in [2.24, 2.45) is 0 Å². The van der Waals surface area contributed by atoms with Crippen LogP contribution in [-0.2, 0) is 4.74 Å². The molecule has 0 aliphatic carbocycles. The zero-order chi connectivity index (χ0) is 19.6. The number of rotatable bonds is 2. The minimum atomic E-state index is -0.507. The fourth-order valence-electron chi connectivity index (χ4n) is 3.17. The number of imidazole rings is 1. The van der Waals surface area contributed by atoms with Crippen LogP contribution in [0.4, 0.5) is 4.79 Å². The van der Waals surface area contributed by atoms with Gasteiger partial charge in [0.1, 0.15) is 11.4 Å². The number of carbonyl (C=O) groups excluding carboxylic acids is 1. The van der Waals surface area contributed by atoms with E-state index in [2.05, 4.69) is 37.7 Å². The highest BCUT2D eigenvalue weighted by Gasteiger charge is 2.34.